The largest absolute Gasteiger partial charge is 0.478 e. The standard InChI is InChI=1S/C11H12N4O2/c12-10-5-4-8(7-9(10)11(16)17)3-1-2-6-14-15-13/h1,3-5,7H,2,6,12H2,(H,16,17). The first-order chi connectivity index (χ1) is 8.15. The highest BCUT2D eigenvalue weighted by molar-refractivity contribution is 5.94. The molecule has 0 fully saturated rings. The van der Waals surface area contributed by atoms with E-state index in [1.54, 1.807) is 18.2 Å². The third kappa shape index (κ3) is 3.89. The van der Waals surface area contributed by atoms with E-state index in [1.807, 2.05) is 6.08 Å². The molecule has 17 heavy (non-hydrogen) atoms. The molecule has 0 bridgehead atoms. The summed E-state index contributed by atoms with van der Waals surface area (Å²) in [5, 5.41) is 12.3. The molecule has 1 aromatic rings. The number of hydrogen-bond acceptors (Lipinski definition) is 3. The summed E-state index contributed by atoms with van der Waals surface area (Å²) < 4.78 is 0. The number of aromatic carboxylic acids is 1. The first kappa shape index (κ1) is 12.6. The van der Waals surface area contributed by atoms with Crippen molar-refractivity contribution in [3.63, 3.8) is 0 Å². The van der Waals surface area contributed by atoms with Crippen LogP contribution < -0.4 is 5.73 Å². The summed E-state index contributed by atoms with van der Waals surface area (Å²) in [4.78, 5) is 13.5. The molecule has 3 N–H and O–H groups in total. The molecular formula is C11H12N4O2. The van der Waals surface area contributed by atoms with Gasteiger partial charge in [0, 0.05) is 17.1 Å². The van der Waals surface area contributed by atoms with Crippen LogP contribution in [0.15, 0.2) is 29.4 Å². The number of carboxylic acid groups (broad SMARTS) is 1. The minimum Gasteiger partial charge on any atom is -0.478 e. The summed E-state index contributed by atoms with van der Waals surface area (Å²) in [6.45, 7) is 0.383. The minimum atomic E-state index is -1.05. The van der Waals surface area contributed by atoms with E-state index in [2.05, 4.69) is 10.0 Å². The maximum Gasteiger partial charge on any atom is 0.337 e. The van der Waals surface area contributed by atoms with Crippen molar-refractivity contribution in [1.29, 1.82) is 0 Å². The maximum atomic E-state index is 10.8. The molecule has 0 atom stereocenters. The quantitative estimate of drug-likeness (QED) is 0.267. The van der Waals surface area contributed by atoms with Gasteiger partial charge in [-0.25, -0.2) is 4.79 Å². The van der Waals surface area contributed by atoms with Crippen LogP contribution in [0.25, 0.3) is 16.5 Å². The smallest absolute Gasteiger partial charge is 0.337 e. The zero-order valence-corrected chi connectivity index (χ0v) is 9.08. The molecule has 0 saturated heterocycles. The molecule has 0 unspecified atom stereocenters. The van der Waals surface area contributed by atoms with E-state index < -0.39 is 5.97 Å². The first-order valence-electron chi connectivity index (χ1n) is 4.95. The van der Waals surface area contributed by atoms with Gasteiger partial charge in [0.05, 0.1) is 5.56 Å². The summed E-state index contributed by atoms with van der Waals surface area (Å²) in [5.74, 6) is -1.05. The Bertz CT molecular complexity index is 490. The van der Waals surface area contributed by atoms with Crippen molar-refractivity contribution in [2.24, 2.45) is 5.11 Å². The zero-order chi connectivity index (χ0) is 12.7. The zero-order valence-electron chi connectivity index (χ0n) is 9.08. The summed E-state index contributed by atoms with van der Waals surface area (Å²) in [6, 6.07) is 4.78. The van der Waals surface area contributed by atoms with Gasteiger partial charge in [0.1, 0.15) is 0 Å². The number of rotatable bonds is 5. The lowest BCUT2D eigenvalue weighted by atomic mass is 10.1. The van der Waals surface area contributed by atoms with Crippen molar-refractivity contribution < 1.29 is 9.90 Å². The van der Waals surface area contributed by atoms with E-state index >= 15 is 0 Å². The Morgan fingerprint density at radius 1 is 1.59 bits per heavy atom. The summed E-state index contributed by atoms with van der Waals surface area (Å²) >= 11 is 0. The van der Waals surface area contributed by atoms with Gasteiger partial charge in [-0.1, -0.05) is 23.3 Å². The van der Waals surface area contributed by atoms with Crippen molar-refractivity contribution in [3.05, 3.63) is 45.8 Å². The SMILES string of the molecule is [N-]=[N+]=NCCC=Cc1ccc(N)c(C(=O)O)c1. The number of hydrogen-bond donors (Lipinski definition) is 2. The third-order valence-electron chi connectivity index (χ3n) is 2.08. The highest BCUT2D eigenvalue weighted by Crippen LogP contribution is 2.15. The Hall–Kier alpha value is -2.46. The average molecular weight is 232 g/mol. The van der Waals surface area contributed by atoms with E-state index in [4.69, 9.17) is 16.4 Å². The molecule has 0 aliphatic rings. The molecule has 6 heteroatoms. The Balaban J connectivity index is 2.75. The number of carboxylic acids is 1. The monoisotopic (exact) mass is 232 g/mol. The van der Waals surface area contributed by atoms with Gasteiger partial charge >= 0.3 is 5.97 Å². The molecule has 0 aliphatic heterocycles. The van der Waals surface area contributed by atoms with E-state index in [-0.39, 0.29) is 11.3 Å². The molecule has 6 nitrogen and oxygen atoms in total. The van der Waals surface area contributed by atoms with Gasteiger partial charge in [-0.2, -0.15) is 0 Å². The molecule has 0 spiro atoms. The lowest BCUT2D eigenvalue weighted by Gasteiger charge is -2.01. The van der Waals surface area contributed by atoms with Crippen LogP contribution in [-0.2, 0) is 0 Å². The van der Waals surface area contributed by atoms with Crippen molar-refractivity contribution >= 4 is 17.7 Å². The Kier molecular flexibility index (Phi) is 4.59. The molecule has 88 valence electrons. The van der Waals surface area contributed by atoms with E-state index in [0.717, 1.165) is 5.56 Å². The van der Waals surface area contributed by atoms with Crippen molar-refractivity contribution in [2.75, 3.05) is 12.3 Å². The molecule has 0 aliphatic carbocycles. The van der Waals surface area contributed by atoms with E-state index in [1.165, 1.54) is 6.07 Å². The van der Waals surface area contributed by atoms with Gasteiger partial charge in [-0.15, -0.1) is 0 Å². The molecule has 0 saturated carbocycles. The van der Waals surface area contributed by atoms with Gasteiger partial charge in [0.25, 0.3) is 0 Å². The van der Waals surface area contributed by atoms with Crippen LogP contribution in [0.5, 0.6) is 0 Å². The fourth-order valence-corrected chi connectivity index (χ4v) is 1.26. The van der Waals surface area contributed by atoms with Crippen molar-refractivity contribution in [1.82, 2.24) is 0 Å². The van der Waals surface area contributed by atoms with Crippen molar-refractivity contribution in [3.8, 4) is 0 Å². The highest BCUT2D eigenvalue weighted by atomic mass is 16.4. The van der Waals surface area contributed by atoms with E-state index in [0.29, 0.717) is 13.0 Å². The Labute approximate surface area is 98.0 Å². The molecule has 0 amide bonds. The summed E-state index contributed by atoms with van der Waals surface area (Å²) in [5.41, 5.74) is 14.7. The van der Waals surface area contributed by atoms with Crippen LogP contribution in [0.2, 0.25) is 0 Å². The number of nitrogen functional groups attached to an aromatic ring is 1. The van der Waals surface area contributed by atoms with Gasteiger partial charge in [0.15, 0.2) is 0 Å². The number of nitrogens with two attached hydrogens (primary N) is 1. The van der Waals surface area contributed by atoms with Crippen LogP contribution in [0, 0.1) is 0 Å². The third-order valence-corrected chi connectivity index (χ3v) is 2.08. The number of nitrogens with zero attached hydrogens (tertiary/aromatic N) is 3. The Morgan fingerprint density at radius 3 is 3.00 bits per heavy atom. The van der Waals surface area contributed by atoms with Gasteiger partial charge in [-0.05, 0) is 29.6 Å². The number of benzene rings is 1. The molecule has 0 radical (unpaired) electrons. The van der Waals surface area contributed by atoms with Crippen LogP contribution in [0.1, 0.15) is 22.3 Å². The second-order valence-electron chi connectivity index (χ2n) is 3.30. The fraction of sp³-hybridized carbons (Fsp3) is 0.182. The van der Waals surface area contributed by atoms with Gasteiger partial charge < -0.3 is 10.8 Å². The first-order valence-corrected chi connectivity index (χ1v) is 4.95. The Morgan fingerprint density at radius 2 is 2.35 bits per heavy atom. The van der Waals surface area contributed by atoms with Crippen LogP contribution in [0.3, 0.4) is 0 Å². The number of azide groups is 1. The second-order valence-corrected chi connectivity index (χ2v) is 3.30. The van der Waals surface area contributed by atoms with Gasteiger partial charge in [-0.3, -0.25) is 0 Å². The number of anilines is 1. The normalized spacial score (nSPS) is 10.1. The molecule has 0 aromatic heterocycles. The summed E-state index contributed by atoms with van der Waals surface area (Å²) in [7, 11) is 0. The van der Waals surface area contributed by atoms with Gasteiger partial charge in [0.2, 0.25) is 0 Å². The molecule has 0 heterocycles. The predicted octanol–water partition coefficient (Wildman–Crippen LogP) is 2.68. The topological polar surface area (TPSA) is 112 Å². The fourth-order valence-electron chi connectivity index (χ4n) is 1.26. The lowest BCUT2D eigenvalue weighted by Crippen LogP contribution is -2.02. The number of carbonyl (C=O) groups is 1. The molecule has 1 aromatic carbocycles. The van der Waals surface area contributed by atoms with Crippen LogP contribution in [0.4, 0.5) is 5.69 Å². The average Bonchev–Trinajstić information content (AvgIpc) is 2.30. The molecular weight excluding hydrogens is 220 g/mol. The van der Waals surface area contributed by atoms with E-state index in [9.17, 15) is 4.79 Å². The van der Waals surface area contributed by atoms with Crippen molar-refractivity contribution in [2.45, 2.75) is 6.42 Å². The molecule has 1 rings (SSSR count). The predicted molar refractivity (Wildman–Crippen MR) is 65.5 cm³/mol. The highest BCUT2D eigenvalue weighted by Gasteiger charge is 2.06. The van der Waals surface area contributed by atoms with Crippen LogP contribution >= 0.6 is 0 Å². The second kappa shape index (κ2) is 6.19. The minimum absolute atomic E-state index is 0.0854. The lowest BCUT2D eigenvalue weighted by molar-refractivity contribution is 0.0698. The maximum absolute atomic E-state index is 10.8. The summed E-state index contributed by atoms with van der Waals surface area (Å²) in [6.07, 6.45) is 4.18. The van der Waals surface area contributed by atoms with Crippen LogP contribution in [-0.4, -0.2) is 17.6 Å².